The maximum Gasteiger partial charge on any atom is 0.282 e. The summed E-state index contributed by atoms with van der Waals surface area (Å²) in [4.78, 5) is 13.3. The number of carbonyl (C=O) groups is 1. The normalized spacial score (nSPS) is 11.0. The molecule has 4 aromatic carbocycles. The topological polar surface area (TPSA) is 82.4 Å². The van der Waals surface area contributed by atoms with Crippen LogP contribution in [-0.4, -0.2) is 29.4 Å². The van der Waals surface area contributed by atoms with Crippen LogP contribution in [0, 0.1) is 0 Å². The molecular weight excluding hydrogens is 392 g/mol. The van der Waals surface area contributed by atoms with Gasteiger partial charge in [-0.3, -0.25) is 4.79 Å². The van der Waals surface area contributed by atoms with E-state index in [1.54, 1.807) is 42.5 Å². The van der Waals surface area contributed by atoms with Crippen LogP contribution in [0.5, 0.6) is 17.2 Å². The van der Waals surface area contributed by atoms with E-state index in [-0.39, 0.29) is 17.1 Å². The SMILES string of the molecule is COc1ccccc1N(/N=C/c1ccc2ccccc2c1O)C(=O)c1ccccc1O. The fourth-order valence-corrected chi connectivity index (χ4v) is 3.29. The van der Waals surface area contributed by atoms with Crippen LogP contribution in [0.1, 0.15) is 15.9 Å². The van der Waals surface area contributed by atoms with Gasteiger partial charge in [-0.2, -0.15) is 10.1 Å². The van der Waals surface area contributed by atoms with Gasteiger partial charge in [-0.15, -0.1) is 0 Å². The van der Waals surface area contributed by atoms with Gasteiger partial charge in [-0.1, -0.05) is 54.6 Å². The number of fused-ring (bicyclic) bond motifs is 1. The van der Waals surface area contributed by atoms with Crippen molar-refractivity contribution in [2.24, 2.45) is 5.10 Å². The molecule has 1 amide bonds. The average Bonchev–Trinajstić information content (AvgIpc) is 2.81. The number of hydrazone groups is 1. The number of hydrogen-bond donors (Lipinski definition) is 2. The molecule has 0 aliphatic carbocycles. The Morgan fingerprint density at radius 2 is 1.61 bits per heavy atom. The molecule has 0 aliphatic rings. The van der Waals surface area contributed by atoms with E-state index in [9.17, 15) is 15.0 Å². The van der Waals surface area contributed by atoms with Crippen molar-refractivity contribution in [1.29, 1.82) is 0 Å². The molecule has 0 saturated heterocycles. The van der Waals surface area contributed by atoms with Gasteiger partial charge in [0.15, 0.2) is 0 Å². The van der Waals surface area contributed by atoms with Crippen LogP contribution in [0.25, 0.3) is 10.8 Å². The number of ether oxygens (including phenoxy) is 1. The first-order chi connectivity index (χ1) is 15.1. The van der Waals surface area contributed by atoms with Gasteiger partial charge in [-0.05, 0) is 35.7 Å². The highest BCUT2D eigenvalue weighted by atomic mass is 16.5. The molecule has 2 N–H and O–H groups in total. The predicted molar refractivity (Wildman–Crippen MR) is 121 cm³/mol. The maximum absolute atomic E-state index is 13.3. The van der Waals surface area contributed by atoms with Crippen molar-refractivity contribution in [3.63, 3.8) is 0 Å². The quantitative estimate of drug-likeness (QED) is 0.359. The van der Waals surface area contributed by atoms with Crippen LogP contribution in [0.15, 0.2) is 90.0 Å². The van der Waals surface area contributed by atoms with Gasteiger partial charge in [0.2, 0.25) is 0 Å². The number of amides is 1. The number of methoxy groups -OCH3 is 1. The zero-order valence-electron chi connectivity index (χ0n) is 16.8. The van der Waals surface area contributed by atoms with E-state index in [1.807, 2.05) is 30.3 Å². The van der Waals surface area contributed by atoms with E-state index in [0.29, 0.717) is 22.4 Å². The van der Waals surface area contributed by atoms with Crippen molar-refractivity contribution < 1.29 is 19.7 Å². The smallest absolute Gasteiger partial charge is 0.282 e. The first kappa shape index (κ1) is 20.0. The molecule has 0 radical (unpaired) electrons. The van der Waals surface area contributed by atoms with Gasteiger partial charge in [0.05, 0.1) is 18.9 Å². The van der Waals surface area contributed by atoms with E-state index in [2.05, 4.69) is 5.10 Å². The van der Waals surface area contributed by atoms with Gasteiger partial charge in [-0.25, -0.2) is 0 Å². The molecule has 0 atom stereocenters. The molecule has 0 bridgehead atoms. The highest BCUT2D eigenvalue weighted by molar-refractivity contribution is 6.09. The Kier molecular flexibility index (Phi) is 5.53. The Hall–Kier alpha value is -4.32. The highest BCUT2D eigenvalue weighted by Crippen LogP contribution is 2.32. The number of hydrogen-bond acceptors (Lipinski definition) is 5. The van der Waals surface area contributed by atoms with Crippen LogP contribution < -0.4 is 9.75 Å². The van der Waals surface area contributed by atoms with Crippen LogP contribution in [-0.2, 0) is 0 Å². The molecule has 0 saturated carbocycles. The van der Waals surface area contributed by atoms with Gasteiger partial charge < -0.3 is 14.9 Å². The Morgan fingerprint density at radius 3 is 2.42 bits per heavy atom. The average molecular weight is 412 g/mol. The first-order valence-corrected chi connectivity index (χ1v) is 9.60. The number of benzene rings is 4. The number of anilines is 1. The minimum Gasteiger partial charge on any atom is -0.507 e. The summed E-state index contributed by atoms with van der Waals surface area (Å²) in [5.41, 5.74) is 0.937. The summed E-state index contributed by atoms with van der Waals surface area (Å²) in [5, 5.41) is 27.9. The number of rotatable bonds is 5. The van der Waals surface area contributed by atoms with Crippen LogP contribution in [0.3, 0.4) is 0 Å². The minimum atomic E-state index is -0.542. The number of nitrogens with zero attached hydrogens (tertiary/aromatic N) is 2. The molecule has 154 valence electrons. The zero-order chi connectivity index (χ0) is 21.8. The Bertz CT molecular complexity index is 1280. The van der Waals surface area contributed by atoms with E-state index in [4.69, 9.17) is 4.74 Å². The molecular formula is C25H20N2O4. The second-order valence-corrected chi connectivity index (χ2v) is 6.78. The number of phenolic OH excluding ortho intramolecular Hbond substituents is 2. The molecule has 6 nitrogen and oxygen atoms in total. The highest BCUT2D eigenvalue weighted by Gasteiger charge is 2.22. The summed E-state index contributed by atoms with van der Waals surface area (Å²) < 4.78 is 5.40. The van der Waals surface area contributed by atoms with Gasteiger partial charge in [0.1, 0.15) is 22.9 Å². The third-order valence-corrected chi connectivity index (χ3v) is 4.88. The van der Waals surface area contributed by atoms with Crippen LogP contribution in [0.2, 0.25) is 0 Å². The molecule has 0 heterocycles. The van der Waals surface area contributed by atoms with Crippen molar-refractivity contribution in [3.05, 3.63) is 96.1 Å². The van der Waals surface area contributed by atoms with Crippen LogP contribution in [0.4, 0.5) is 5.69 Å². The minimum absolute atomic E-state index is 0.0665. The monoisotopic (exact) mass is 412 g/mol. The molecule has 0 unspecified atom stereocenters. The van der Waals surface area contributed by atoms with Crippen molar-refractivity contribution in [3.8, 4) is 17.2 Å². The Morgan fingerprint density at radius 1 is 0.903 bits per heavy atom. The van der Waals surface area contributed by atoms with E-state index in [0.717, 1.165) is 10.4 Å². The first-order valence-electron chi connectivity index (χ1n) is 9.60. The van der Waals surface area contributed by atoms with E-state index >= 15 is 0 Å². The summed E-state index contributed by atoms with van der Waals surface area (Å²) in [7, 11) is 1.50. The summed E-state index contributed by atoms with van der Waals surface area (Å²) in [6.07, 6.45) is 1.41. The summed E-state index contributed by atoms with van der Waals surface area (Å²) in [6, 6.07) is 24.2. The second kappa shape index (κ2) is 8.59. The number of carbonyl (C=O) groups excluding carboxylic acids is 1. The fourth-order valence-electron chi connectivity index (χ4n) is 3.29. The molecule has 4 aromatic rings. The summed E-state index contributed by atoms with van der Waals surface area (Å²) in [5.74, 6) is -0.196. The van der Waals surface area contributed by atoms with Crippen molar-refractivity contribution in [2.75, 3.05) is 12.1 Å². The molecule has 31 heavy (non-hydrogen) atoms. The lowest BCUT2D eigenvalue weighted by molar-refractivity contribution is 0.0984. The zero-order valence-corrected chi connectivity index (χ0v) is 16.8. The fraction of sp³-hybridized carbons (Fsp3) is 0.0400. The third kappa shape index (κ3) is 3.91. The molecule has 4 rings (SSSR count). The van der Waals surface area contributed by atoms with Gasteiger partial charge in [0, 0.05) is 10.9 Å². The van der Waals surface area contributed by atoms with E-state index in [1.165, 1.54) is 25.5 Å². The molecule has 0 aromatic heterocycles. The van der Waals surface area contributed by atoms with Gasteiger partial charge in [0.25, 0.3) is 5.91 Å². The standard InChI is InChI=1S/C25H20N2O4/c1-31-23-13-7-5-11-21(23)27(25(30)20-10-4-6-12-22(20)28)26-16-18-15-14-17-8-2-3-9-19(17)24(18)29/h2-16,28-29H,1H3/b26-16+. The molecule has 0 fully saturated rings. The lowest BCUT2D eigenvalue weighted by Gasteiger charge is -2.20. The van der Waals surface area contributed by atoms with Crippen molar-refractivity contribution in [2.45, 2.75) is 0 Å². The Balaban J connectivity index is 1.81. The number of phenols is 2. The lowest BCUT2D eigenvalue weighted by atomic mass is 10.1. The Labute approximate surface area is 179 Å². The number of para-hydroxylation sites is 3. The van der Waals surface area contributed by atoms with Gasteiger partial charge >= 0.3 is 0 Å². The second-order valence-electron chi connectivity index (χ2n) is 6.78. The molecule has 0 spiro atoms. The lowest BCUT2D eigenvalue weighted by Crippen LogP contribution is -2.26. The summed E-state index contributed by atoms with van der Waals surface area (Å²) >= 11 is 0. The van der Waals surface area contributed by atoms with Crippen molar-refractivity contribution in [1.82, 2.24) is 0 Å². The van der Waals surface area contributed by atoms with Crippen molar-refractivity contribution >= 4 is 28.6 Å². The largest absolute Gasteiger partial charge is 0.507 e. The van der Waals surface area contributed by atoms with E-state index < -0.39 is 5.91 Å². The van der Waals surface area contributed by atoms with Crippen LogP contribution >= 0.6 is 0 Å². The third-order valence-electron chi connectivity index (χ3n) is 4.88. The molecule has 6 heteroatoms. The molecule has 0 aliphatic heterocycles. The predicted octanol–water partition coefficient (Wildman–Crippen LogP) is 4.94. The number of aromatic hydroxyl groups is 2. The maximum atomic E-state index is 13.3. The summed E-state index contributed by atoms with van der Waals surface area (Å²) in [6.45, 7) is 0.